The Bertz CT molecular complexity index is 1650. The third kappa shape index (κ3) is 9.22. The number of halogens is 8. The molecule has 0 aromatic heterocycles. The monoisotopic (exact) mass is 730 g/mol. The van der Waals surface area contributed by atoms with Gasteiger partial charge in [0.2, 0.25) is 10.0 Å². The van der Waals surface area contributed by atoms with Crippen molar-refractivity contribution in [3.8, 4) is 11.5 Å². The molecule has 4 fully saturated rings. The molecule has 48 heavy (non-hydrogen) atoms. The van der Waals surface area contributed by atoms with Gasteiger partial charge in [0.05, 0.1) is 10.8 Å². The summed E-state index contributed by atoms with van der Waals surface area (Å²) in [5, 5.41) is 6.60. The number of aliphatic carboxylic acids is 1. The van der Waals surface area contributed by atoms with Gasteiger partial charge in [-0.05, 0) is 92.7 Å². The van der Waals surface area contributed by atoms with Crippen LogP contribution in [-0.2, 0) is 21.4 Å². The van der Waals surface area contributed by atoms with Crippen molar-refractivity contribution in [2.24, 2.45) is 0 Å². The van der Waals surface area contributed by atoms with Crippen LogP contribution in [0.3, 0.4) is 0 Å². The number of piperidine rings is 1. The van der Waals surface area contributed by atoms with Crippen LogP contribution >= 0.6 is 11.6 Å². The molecule has 1 amide bonds. The molecule has 2 saturated carbocycles. The molecule has 2 aliphatic carbocycles. The summed E-state index contributed by atoms with van der Waals surface area (Å²) in [6.07, 6.45) is -4.25. The molecule has 2 bridgehead atoms. The van der Waals surface area contributed by atoms with E-state index in [4.69, 9.17) is 26.2 Å². The maximum Gasteiger partial charge on any atom is 0.573 e. The van der Waals surface area contributed by atoms with Gasteiger partial charge >= 0.3 is 18.5 Å². The van der Waals surface area contributed by atoms with Gasteiger partial charge in [-0.1, -0.05) is 11.6 Å². The Labute approximate surface area is 275 Å². The quantitative estimate of drug-likeness (QED) is 0.274. The Morgan fingerprint density at radius 1 is 0.917 bits per heavy atom. The van der Waals surface area contributed by atoms with Crippen LogP contribution in [0.5, 0.6) is 11.5 Å². The van der Waals surface area contributed by atoms with Crippen LogP contribution < -0.4 is 14.2 Å². The lowest BCUT2D eigenvalue weighted by molar-refractivity contribution is -0.274. The Morgan fingerprint density at radius 2 is 1.50 bits per heavy atom. The number of carbonyl (C=O) groups is 2. The predicted octanol–water partition coefficient (Wildman–Crippen LogP) is 6.68. The molecule has 4 aliphatic rings. The molecule has 2 saturated heterocycles. The molecule has 2 aliphatic heterocycles. The number of rotatable bonds is 9. The summed E-state index contributed by atoms with van der Waals surface area (Å²) < 4.78 is 122. The number of ether oxygens (including phenoxy) is 2. The Balaban J connectivity index is 0.000000582. The van der Waals surface area contributed by atoms with E-state index in [1.54, 1.807) is 0 Å². The minimum atomic E-state index is -5.08. The summed E-state index contributed by atoms with van der Waals surface area (Å²) in [5.74, 6) is -4.50. The summed E-state index contributed by atoms with van der Waals surface area (Å²) in [6.45, 7) is 0.480. The second kappa shape index (κ2) is 13.5. The summed E-state index contributed by atoms with van der Waals surface area (Å²) in [4.78, 5) is 23.9. The fourth-order valence-electron chi connectivity index (χ4n) is 6.13. The number of fused-ring (bicyclic) bond motifs is 2. The van der Waals surface area contributed by atoms with Crippen LogP contribution in [0.1, 0.15) is 78.8 Å². The lowest BCUT2D eigenvalue weighted by Crippen LogP contribution is -2.45. The highest BCUT2D eigenvalue weighted by Gasteiger charge is 2.43. The summed E-state index contributed by atoms with van der Waals surface area (Å²) in [6, 6.07) is 6.84. The molecular formula is C30H30ClF7N2O7S. The Morgan fingerprint density at radius 3 is 2.02 bits per heavy atom. The molecule has 6 rings (SSSR count). The molecule has 0 radical (unpaired) electrons. The molecule has 18 heteroatoms. The van der Waals surface area contributed by atoms with E-state index in [2.05, 4.69) is 9.64 Å². The maximum absolute atomic E-state index is 15.2. The zero-order valence-electron chi connectivity index (χ0n) is 24.9. The number of hydrogen-bond acceptors (Lipinski definition) is 7. The van der Waals surface area contributed by atoms with Crippen LogP contribution in [0.25, 0.3) is 0 Å². The van der Waals surface area contributed by atoms with E-state index in [9.17, 15) is 39.6 Å². The molecule has 0 spiro atoms. The second-order valence-corrected chi connectivity index (χ2v) is 14.6. The van der Waals surface area contributed by atoms with Crippen LogP contribution in [0.15, 0.2) is 30.3 Å². The number of benzene rings is 2. The number of amides is 1. The highest BCUT2D eigenvalue weighted by atomic mass is 35.5. The molecule has 1 unspecified atom stereocenters. The predicted molar refractivity (Wildman–Crippen MR) is 156 cm³/mol. The van der Waals surface area contributed by atoms with Crippen molar-refractivity contribution < 1.29 is 63.3 Å². The highest BCUT2D eigenvalue weighted by molar-refractivity contribution is 7.91. The normalized spacial score (nSPS) is 22.8. The highest BCUT2D eigenvalue weighted by Crippen LogP contribution is 2.45. The molecule has 2 aromatic rings. The van der Waals surface area contributed by atoms with Gasteiger partial charge in [0.15, 0.2) is 0 Å². The van der Waals surface area contributed by atoms with E-state index in [0.717, 1.165) is 42.9 Å². The maximum atomic E-state index is 15.2. The number of nitrogens with one attached hydrogen (secondary N) is 1. The molecule has 3 atom stereocenters. The van der Waals surface area contributed by atoms with E-state index < -0.39 is 51.3 Å². The summed E-state index contributed by atoms with van der Waals surface area (Å²) in [7, 11) is -3.80. The minimum Gasteiger partial charge on any atom is -0.490 e. The lowest BCUT2D eigenvalue weighted by atomic mass is 9.95. The Hall–Kier alpha value is -3.31. The SMILES string of the molecule is O=C(NS(=O)(=O)C1CC1)c1cc(C2CC2)c(CN2[C@@H]3CC[C@H]2CC(Oc2cc(Cl)cc(OC(F)(F)F)c2)C3)cc1F.O=C(O)C(F)(F)F. The van der Waals surface area contributed by atoms with Crippen molar-refractivity contribution in [1.29, 1.82) is 0 Å². The van der Waals surface area contributed by atoms with Gasteiger partial charge in [-0.3, -0.25) is 9.69 Å². The minimum absolute atomic E-state index is 0.0686. The van der Waals surface area contributed by atoms with Crippen molar-refractivity contribution in [2.45, 2.75) is 99.8 Å². The van der Waals surface area contributed by atoms with Gasteiger partial charge in [0.1, 0.15) is 23.4 Å². The largest absolute Gasteiger partial charge is 0.573 e. The first-order valence-electron chi connectivity index (χ1n) is 15.0. The second-order valence-electron chi connectivity index (χ2n) is 12.2. The number of nitrogens with zero attached hydrogens (tertiary/aromatic N) is 1. The first-order chi connectivity index (χ1) is 22.3. The van der Waals surface area contributed by atoms with Gasteiger partial charge in [0.25, 0.3) is 5.91 Å². The topological polar surface area (TPSA) is 122 Å². The van der Waals surface area contributed by atoms with Crippen LogP contribution in [0.4, 0.5) is 30.7 Å². The van der Waals surface area contributed by atoms with E-state index in [1.165, 1.54) is 24.3 Å². The standard InChI is InChI=1S/C28H29ClF4N2O5S.C2HF3O2/c29-17-8-20(12-22(9-17)40-28(31,32)33)39-21-10-18-3-4-19(11-21)35(18)14-16-7-26(30)25(13-24(16)15-1-2-15)27(36)34-41(37,38)23-5-6-23;3-2(4,5)1(6)7/h7-9,12-13,15,18-19,21,23H,1-6,10-11,14H2,(H,34,36);(H,6,7)/t18-,19+,21?;. The van der Waals surface area contributed by atoms with E-state index in [0.29, 0.717) is 32.2 Å². The molecule has 2 heterocycles. The van der Waals surface area contributed by atoms with Gasteiger partial charge in [-0.25, -0.2) is 22.3 Å². The molecule has 2 N–H and O–H groups in total. The van der Waals surface area contributed by atoms with Gasteiger partial charge in [-0.15, -0.1) is 13.2 Å². The number of carboxylic acid groups (broad SMARTS) is 1. The number of hydrogen-bond donors (Lipinski definition) is 2. The third-order valence-electron chi connectivity index (χ3n) is 8.51. The fraction of sp³-hybridized carbons (Fsp3) is 0.533. The molecule has 9 nitrogen and oxygen atoms in total. The van der Waals surface area contributed by atoms with Gasteiger partial charge in [0, 0.05) is 29.7 Å². The molecular weight excluding hydrogens is 701 g/mol. The van der Waals surface area contributed by atoms with Crippen LogP contribution in [0.2, 0.25) is 5.02 Å². The lowest BCUT2D eigenvalue weighted by Gasteiger charge is -2.39. The third-order valence-corrected chi connectivity index (χ3v) is 10.5. The average molecular weight is 731 g/mol. The van der Waals surface area contributed by atoms with Crippen molar-refractivity contribution in [2.75, 3.05) is 0 Å². The number of alkyl halides is 6. The first-order valence-corrected chi connectivity index (χ1v) is 16.9. The number of sulfonamides is 1. The number of carboxylic acids is 1. The molecule has 2 aromatic carbocycles. The zero-order valence-corrected chi connectivity index (χ0v) is 26.5. The first kappa shape index (κ1) is 36.0. The van der Waals surface area contributed by atoms with E-state index in [1.807, 2.05) is 4.72 Å². The Kier molecular flexibility index (Phi) is 10.1. The van der Waals surface area contributed by atoms with Crippen LogP contribution in [0, 0.1) is 5.82 Å². The van der Waals surface area contributed by atoms with Gasteiger partial charge < -0.3 is 14.6 Å². The van der Waals surface area contributed by atoms with Gasteiger partial charge in [-0.2, -0.15) is 13.2 Å². The van der Waals surface area contributed by atoms with Crippen molar-refractivity contribution in [3.05, 3.63) is 57.9 Å². The van der Waals surface area contributed by atoms with Crippen molar-refractivity contribution >= 4 is 33.5 Å². The molecule has 264 valence electrons. The fourth-order valence-corrected chi connectivity index (χ4v) is 7.63. The number of carbonyl (C=O) groups excluding carboxylic acids is 1. The van der Waals surface area contributed by atoms with E-state index in [-0.39, 0.29) is 40.4 Å². The van der Waals surface area contributed by atoms with Crippen molar-refractivity contribution in [1.82, 2.24) is 9.62 Å². The summed E-state index contributed by atoms with van der Waals surface area (Å²) >= 11 is 6.00. The van der Waals surface area contributed by atoms with E-state index >= 15 is 4.39 Å². The summed E-state index contributed by atoms with van der Waals surface area (Å²) in [5.41, 5.74) is 1.39. The smallest absolute Gasteiger partial charge is 0.490 e. The van der Waals surface area contributed by atoms with Crippen molar-refractivity contribution in [3.63, 3.8) is 0 Å². The van der Waals surface area contributed by atoms with Crippen LogP contribution in [-0.4, -0.2) is 66.3 Å². The zero-order chi connectivity index (χ0) is 35.2. The average Bonchev–Trinajstić information content (AvgIpc) is 3.84.